The molecular formula is C28H56O2. The Bertz CT molecular complexity index is 353. The van der Waals surface area contributed by atoms with Crippen LogP contribution in [0, 0.1) is 11.8 Å². The van der Waals surface area contributed by atoms with Gasteiger partial charge in [0.2, 0.25) is 0 Å². The van der Waals surface area contributed by atoms with E-state index in [9.17, 15) is 4.79 Å². The Morgan fingerprint density at radius 3 is 1.20 bits per heavy atom. The molecule has 0 radical (unpaired) electrons. The van der Waals surface area contributed by atoms with E-state index in [4.69, 9.17) is 5.11 Å². The molecule has 0 heterocycles. The van der Waals surface area contributed by atoms with Crippen LogP contribution < -0.4 is 0 Å². The van der Waals surface area contributed by atoms with Crippen LogP contribution in [0.4, 0.5) is 0 Å². The van der Waals surface area contributed by atoms with Gasteiger partial charge in [-0.15, -0.1) is 0 Å². The average molecular weight is 425 g/mol. The van der Waals surface area contributed by atoms with E-state index in [1.807, 2.05) is 0 Å². The van der Waals surface area contributed by atoms with Gasteiger partial charge in [-0.2, -0.15) is 0 Å². The van der Waals surface area contributed by atoms with E-state index < -0.39 is 5.97 Å². The highest BCUT2D eigenvalue weighted by Gasteiger charge is 2.03. The van der Waals surface area contributed by atoms with Crippen LogP contribution in [0.15, 0.2) is 0 Å². The van der Waals surface area contributed by atoms with Crippen molar-refractivity contribution in [1.29, 1.82) is 0 Å². The fourth-order valence-electron chi connectivity index (χ4n) is 4.40. The fraction of sp³-hybridized carbons (Fsp3) is 0.964. The minimum Gasteiger partial charge on any atom is -0.481 e. The molecule has 0 aliphatic heterocycles. The van der Waals surface area contributed by atoms with Gasteiger partial charge >= 0.3 is 5.97 Å². The molecule has 0 saturated heterocycles. The van der Waals surface area contributed by atoms with Crippen LogP contribution >= 0.6 is 0 Å². The summed E-state index contributed by atoms with van der Waals surface area (Å²) in [4.78, 5) is 10.4. The van der Waals surface area contributed by atoms with Crippen molar-refractivity contribution in [2.75, 3.05) is 0 Å². The van der Waals surface area contributed by atoms with Crippen molar-refractivity contribution < 1.29 is 9.90 Å². The quantitative estimate of drug-likeness (QED) is 0.156. The number of aliphatic carboxylic acids is 1. The third kappa shape index (κ3) is 23.7. The molecule has 1 N–H and O–H groups in total. The first-order chi connectivity index (χ1) is 14.6. The van der Waals surface area contributed by atoms with Crippen LogP contribution in [-0.4, -0.2) is 11.1 Å². The first kappa shape index (κ1) is 29.5. The molecule has 0 aliphatic rings. The minimum absolute atomic E-state index is 0.345. The topological polar surface area (TPSA) is 37.3 Å². The molecule has 0 spiro atoms. The minimum atomic E-state index is -0.650. The second kappa shape index (κ2) is 23.1. The first-order valence-electron chi connectivity index (χ1n) is 13.8. The van der Waals surface area contributed by atoms with Gasteiger partial charge < -0.3 is 5.11 Å². The van der Waals surface area contributed by atoms with Crippen molar-refractivity contribution in [3.05, 3.63) is 0 Å². The second-order valence-corrected chi connectivity index (χ2v) is 10.1. The van der Waals surface area contributed by atoms with E-state index in [0.717, 1.165) is 24.7 Å². The van der Waals surface area contributed by atoms with E-state index in [0.29, 0.717) is 6.42 Å². The molecule has 0 aliphatic carbocycles. The number of carboxylic acid groups (broad SMARTS) is 1. The Morgan fingerprint density at radius 2 is 0.833 bits per heavy atom. The average Bonchev–Trinajstić information content (AvgIpc) is 2.72. The molecule has 2 nitrogen and oxygen atoms in total. The maximum absolute atomic E-state index is 10.4. The van der Waals surface area contributed by atoms with Crippen molar-refractivity contribution in [3.8, 4) is 0 Å². The highest BCUT2D eigenvalue weighted by atomic mass is 16.4. The summed E-state index contributed by atoms with van der Waals surface area (Å²) in [6, 6.07) is 0. The van der Waals surface area contributed by atoms with Crippen molar-refractivity contribution >= 4 is 5.97 Å². The first-order valence-corrected chi connectivity index (χ1v) is 13.8. The van der Waals surface area contributed by atoms with Crippen LogP contribution in [0.1, 0.15) is 162 Å². The second-order valence-electron chi connectivity index (χ2n) is 10.1. The third-order valence-electron chi connectivity index (χ3n) is 6.93. The SMILES string of the molecule is CCC(C)CCCCCC(C)CCCCCCCCCCCCCCCCC(=O)O. The summed E-state index contributed by atoms with van der Waals surface area (Å²) in [5.74, 6) is 1.21. The lowest BCUT2D eigenvalue weighted by Crippen LogP contribution is -1.96. The van der Waals surface area contributed by atoms with Gasteiger partial charge in [-0.1, -0.05) is 149 Å². The van der Waals surface area contributed by atoms with E-state index in [1.54, 1.807) is 0 Å². The molecule has 2 heteroatoms. The lowest BCUT2D eigenvalue weighted by molar-refractivity contribution is -0.137. The van der Waals surface area contributed by atoms with E-state index in [-0.39, 0.29) is 0 Å². The zero-order chi connectivity index (χ0) is 22.3. The number of rotatable bonds is 24. The molecule has 0 aromatic rings. The Labute approximate surface area is 190 Å². The summed E-state index contributed by atoms with van der Waals surface area (Å²) in [6.45, 7) is 7.16. The lowest BCUT2D eigenvalue weighted by Gasteiger charge is -2.12. The normalized spacial score (nSPS) is 13.4. The molecule has 180 valence electrons. The van der Waals surface area contributed by atoms with Crippen LogP contribution in [0.3, 0.4) is 0 Å². The maximum Gasteiger partial charge on any atom is 0.303 e. The highest BCUT2D eigenvalue weighted by molar-refractivity contribution is 5.66. The molecule has 2 unspecified atom stereocenters. The number of carboxylic acids is 1. The number of unbranched alkanes of at least 4 members (excludes halogenated alkanes) is 15. The van der Waals surface area contributed by atoms with Crippen LogP contribution in [0.25, 0.3) is 0 Å². The lowest BCUT2D eigenvalue weighted by atomic mass is 9.94. The van der Waals surface area contributed by atoms with Crippen molar-refractivity contribution in [3.63, 3.8) is 0 Å². The predicted octanol–water partition coefficient (Wildman–Crippen LogP) is 9.95. The van der Waals surface area contributed by atoms with Crippen LogP contribution in [-0.2, 0) is 4.79 Å². The number of hydrogen-bond acceptors (Lipinski definition) is 1. The van der Waals surface area contributed by atoms with Gasteiger partial charge in [0.15, 0.2) is 0 Å². The zero-order valence-corrected chi connectivity index (χ0v) is 21.1. The summed E-state index contributed by atoms with van der Waals surface area (Å²) in [5.41, 5.74) is 0. The van der Waals surface area contributed by atoms with E-state index in [2.05, 4.69) is 20.8 Å². The summed E-state index contributed by atoms with van der Waals surface area (Å²) in [5, 5.41) is 8.60. The van der Waals surface area contributed by atoms with Gasteiger partial charge in [-0.25, -0.2) is 0 Å². The number of carbonyl (C=O) groups is 1. The van der Waals surface area contributed by atoms with Gasteiger partial charge in [0.1, 0.15) is 0 Å². The molecule has 2 atom stereocenters. The molecule has 0 aromatic heterocycles. The molecule has 0 amide bonds. The summed E-state index contributed by atoms with van der Waals surface area (Å²) < 4.78 is 0. The molecule has 0 aromatic carbocycles. The third-order valence-corrected chi connectivity index (χ3v) is 6.93. The molecular weight excluding hydrogens is 368 g/mol. The van der Waals surface area contributed by atoms with Gasteiger partial charge in [-0.05, 0) is 18.3 Å². The Balaban J connectivity index is 3.16. The highest BCUT2D eigenvalue weighted by Crippen LogP contribution is 2.20. The standard InChI is InChI=1S/C28H56O2/c1-4-26(2)22-19-17-20-24-27(3)23-18-15-13-11-9-7-5-6-8-10-12-14-16-21-25-28(29)30/h26-27H,4-25H2,1-3H3,(H,29,30). The smallest absolute Gasteiger partial charge is 0.303 e. The fourth-order valence-corrected chi connectivity index (χ4v) is 4.40. The van der Waals surface area contributed by atoms with Crippen molar-refractivity contribution in [2.45, 2.75) is 162 Å². The van der Waals surface area contributed by atoms with Gasteiger partial charge in [0.25, 0.3) is 0 Å². The largest absolute Gasteiger partial charge is 0.481 e. The monoisotopic (exact) mass is 424 g/mol. The van der Waals surface area contributed by atoms with Gasteiger partial charge in [-0.3, -0.25) is 4.79 Å². The molecule has 0 fully saturated rings. The predicted molar refractivity (Wildman–Crippen MR) is 133 cm³/mol. The molecule has 30 heavy (non-hydrogen) atoms. The van der Waals surface area contributed by atoms with Gasteiger partial charge in [0, 0.05) is 6.42 Å². The zero-order valence-electron chi connectivity index (χ0n) is 21.1. The summed E-state index contributed by atoms with van der Waals surface area (Å²) in [7, 11) is 0. The molecule has 0 saturated carbocycles. The number of hydrogen-bond donors (Lipinski definition) is 1. The van der Waals surface area contributed by atoms with Crippen LogP contribution in [0.2, 0.25) is 0 Å². The Kier molecular flexibility index (Phi) is 22.7. The molecule has 0 rings (SSSR count). The summed E-state index contributed by atoms with van der Waals surface area (Å²) in [6.07, 6.45) is 28.9. The summed E-state index contributed by atoms with van der Waals surface area (Å²) >= 11 is 0. The van der Waals surface area contributed by atoms with Crippen molar-refractivity contribution in [1.82, 2.24) is 0 Å². The van der Waals surface area contributed by atoms with Gasteiger partial charge in [0.05, 0.1) is 0 Å². The van der Waals surface area contributed by atoms with E-state index in [1.165, 1.54) is 122 Å². The molecule has 0 bridgehead atoms. The Hall–Kier alpha value is -0.530. The van der Waals surface area contributed by atoms with Crippen LogP contribution in [0.5, 0.6) is 0 Å². The van der Waals surface area contributed by atoms with Crippen molar-refractivity contribution in [2.24, 2.45) is 11.8 Å². The van der Waals surface area contributed by atoms with E-state index >= 15 is 0 Å². The Morgan fingerprint density at radius 1 is 0.533 bits per heavy atom. The maximum atomic E-state index is 10.4.